The van der Waals surface area contributed by atoms with E-state index in [1.54, 1.807) is 6.20 Å². The van der Waals surface area contributed by atoms with E-state index < -0.39 is 0 Å². The monoisotopic (exact) mass is 473 g/mol. The first-order valence-corrected chi connectivity index (χ1v) is 9.83. The molecule has 2 aromatic rings. The number of hydrogen-bond donors (Lipinski definition) is 2. The topological polar surface area (TPSA) is 54.2 Å². The fraction of sp³-hybridized carbons (Fsp3) is 0.444. The molecule has 0 bridgehead atoms. The van der Waals surface area contributed by atoms with Crippen LogP contribution in [0.15, 0.2) is 47.7 Å². The highest BCUT2D eigenvalue weighted by atomic mass is 127. The molecule has 0 radical (unpaired) electrons. The van der Waals surface area contributed by atoms with E-state index in [4.69, 9.17) is 0 Å². The van der Waals surface area contributed by atoms with E-state index >= 15 is 0 Å². The highest BCUT2D eigenvalue weighted by Crippen LogP contribution is 2.08. The Hall–Kier alpha value is -1.22. The Morgan fingerprint density at radius 3 is 2.68 bits per heavy atom. The summed E-state index contributed by atoms with van der Waals surface area (Å²) in [7, 11) is 0. The molecule has 0 amide bonds. The third-order valence-corrected chi connectivity index (χ3v) is 4.23. The second kappa shape index (κ2) is 13.0. The van der Waals surface area contributed by atoms with Crippen molar-refractivity contribution in [3.63, 3.8) is 0 Å². The molecule has 1 aromatic carbocycles. The predicted molar refractivity (Wildman–Crippen MR) is 120 cm³/mol. The molecule has 0 fully saturated rings. The third kappa shape index (κ3) is 8.13. The van der Waals surface area contributed by atoms with Gasteiger partial charge in [-0.3, -0.25) is 4.99 Å². The van der Waals surface area contributed by atoms with Gasteiger partial charge in [0.15, 0.2) is 5.96 Å². The smallest absolute Gasteiger partial charge is 0.191 e. The van der Waals surface area contributed by atoms with Gasteiger partial charge in [-0.05, 0) is 55.5 Å². The van der Waals surface area contributed by atoms with Gasteiger partial charge in [-0.1, -0.05) is 12.1 Å². The second-order valence-corrected chi connectivity index (χ2v) is 6.39. The van der Waals surface area contributed by atoms with E-state index in [9.17, 15) is 0 Å². The van der Waals surface area contributed by atoms with Gasteiger partial charge in [0, 0.05) is 32.0 Å². The molecule has 2 rings (SSSR count). The molecule has 0 saturated heterocycles. The van der Waals surface area contributed by atoms with E-state index in [2.05, 4.69) is 58.2 Å². The second-order valence-electron chi connectivity index (χ2n) is 5.40. The van der Waals surface area contributed by atoms with E-state index in [1.165, 1.54) is 5.56 Å². The van der Waals surface area contributed by atoms with Crippen LogP contribution in [0.2, 0.25) is 0 Å². The molecule has 0 atom stereocenters. The summed E-state index contributed by atoms with van der Waals surface area (Å²) in [5, 5.41) is 10.9. The predicted octanol–water partition coefficient (Wildman–Crippen LogP) is 3.34. The summed E-state index contributed by atoms with van der Waals surface area (Å²) in [6, 6.07) is 10.4. The van der Waals surface area contributed by atoms with Crippen molar-refractivity contribution in [3.05, 3.63) is 48.3 Å². The summed E-state index contributed by atoms with van der Waals surface area (Å²) in [6.45, 7) is 4.71. The molecule has 0 aliphatic carbocycles. The normalized spacial score (nSPS) is 11.0. The Labute approximate surface area is 172 Å². The summed E-state index contributed by atoms with van der Waals surface area (Å²) in [5.74, 6) is 2.07. The van der Waals surface area contributed by atoms with Gasteiger partial charge in [0.05, 0.1) is 5.69 Å². The zero-order chi connectivity index (χ0) is 17.0. The lowest BCUT2D eigenvalue weighted by atomic mass is 10.1. The number of aliphatic imine (C=N–C) groups is 1. The lowest BCUT2D eigenvalue weighted by molar-refractivity contribution is 0.794. The van der Waals surface area contributed by atoms with Crippen molar-refractivity contribution in [2.75, 3.05) is 31.6 Å². The lowest BCUT2D eigenvalue weighted by Crippen LogP contribution is -2.38. The number of nitrogens with zero attached hydrogens (tertiary/aromatic N) is 3. The first kappa shape index (κ1) is 21.8. The summed E-state index contributed by atoms with van der Waals surface area (Å²) >= 11 is 1.87. The van der Waals surface area contributed by atoms with E-state index in [0.717, 1.165) is 49.9 Å². The Morgan fingerprint density at radius 1 is 1.24 bits per heavy atom. The van der Waals surface area contributed by atoms with Crippen LogP contribution in [0.4, 0.5) is 0 Å². The Morgan fingerprint density at radius 2 is 2.04 bits per heavy atom. The molecule has 5 nitrogen and oxygen atoms in total. The van der Waals surface area contributed by atoms with Crippen LogP contribution < -0.4 is 10.6 Å². The van der Waals surface area contributed by atoms with Gasteiger partial charge in [0.25, 0.3) is 0 Å². The number of hydrogen-bond acceptors (Lipinski definition) is 3. The van der Waals surface area contributed by atoms with Gasteiger partial charge < -0.3 is 10.6 Å². The molecule has 0 aliphatic rings. The summed E-state index contributed by atoms with van der Waals surface area (Å²) < 4.78 is 1.87. The van der Waals surface area contributed by atoms with Crippen LogP contribution in [0, 0.1) is 0 Å². The fourth-order valence-corrected chi connectivity index (χ4v) is 2.72. The molecule has 138 valence electrons. The number of guanidine groups is 1. The molecule has 25 heavy (non-hydrogen) atoms. The van der Waals surface area contributed by atoms with Crippen molar-refractivity contribution in [2.45, 2.75) is 19.8 Å². The number of rotatable bonds is 9. The van der Waals surface area contributed by atoms with Crippen LogP contribution in [0.3, 0.4) is 0 Å². The lowest BCUT2D eigenvalue weighted by Gasteiger charge is -2.11. The molecular formula is C18H28IN5S. The molecule has 0 spiro atoms. The number of aromatic nitrogens is 2. The van der Waals surface area contributed by atoms with Crippen LogP contribution in [0.5, 0.6) is 0 Å². The average molecular weight is 473 g/mol. The standard InChI is InChI=1S/C18H27N5S.HI/c1-3-19-18(20-11-5-15-24-2)21-13-10-16-6-8-17(9-7-16)23-14-4-12-22-23;/h4,6-9,12,14H,3,5,10-11,13,15H2,1-2H3,(H2,19,20,21);1H. The van der Waals surface area contributed by atoms with Crippen molar-refractivity contribution in [2.24, 2.45) is 4.99 Å². The first-order chi connectivity index (χ1) is 11.8. The van der Waals surface area contributed by atoms with E-state index in [-0.39, 0.29) is 24.0 Å². The quantitative estimate of drug-likeness (QED) is 0.254. The highest BCUT2D eigenvalue weighted by molar-refractivity contribution is 14.0. The van der Waals surface area contributed by atoms with Gasteiger partial charge in [0.1, 0.15) is 0 Å². The zero-order valence-electron chi connectivity index (χ0n) is 14.9. The minimum atomic E-state index is 0. The molecule has 2 N–H and O–H groups in total. The fourth-order valence-electron chi connectivity index (χ4n) is 2.30. The SMILES string of the molecule is CCNC(=NCCCSC)NCCc1ccc(-n2cccn2)cc1.I. The van der Waals surface area contributed by atoms with Crippen molar-refractivity contribution < 1.29 is 0 Å². The van der Waals surface area contributed by atoms with Crippen molar-refractivity contribution in [3.8, 4) is 5.69 Å². The maximum Gasteiger partial charge on any atom is 0.191 e. The summed E-state index contributed by atoms with van der Waals surface area (Å²) in [6.07, 6.45) is 7.96. The largest absolute Gasteiger partial charge is 0.357 e. The molecule has 1 heterocycles. The van der Waals surface area contributed by atoms with E-state index in [0.29, 0.717) is 0 Å². The Bertz CT molecular complexity index is 598. The molecule has 1 aromatic heterocycles. The van der Waals surface area contributed by atoms with Gasteiger partial charge in [0.2, 0.25) is 0 Å². The van der Waals surface area contributed by atoms with Crippen molar-refractivity contribution >= 4 is 41.7 Å². The molecular weight excluding hydrogens is 445 g/mol. The summed E-state index contributed by atoms with van der Waals surface area (Å²) in [4.78, 5) is 4.60. The average Bonchev–Trinajstić information content (AvgIpc) is 3.14. The number of nitrogens with one attached hydrogen (secondary N) is 2. The third-order valence-electron chi connectivity index (χ3n) is 3.53. The van der Waals surface area contributed by atoms with Crippen LogP contribution in [-0.4, -0.2) is 47.4 Å². The maximum atomic E-state index is 4.60. The first-order valence-electron chi connectivity index (χ1n) is 8.43. The minimum absolute atomic E-state index is 0. The number of benzene rings is 1. The van der Waals surface area contributed by atoms with Gasteiger partial charge in [-0.2, -0.15) is 16.9 Å². The summed E-state index contributed by atoms with van der Waals surface area (Å²) in [5.41, 5.74) is 2.39. The van der Waals surface area contributed by atoms with Crippen LogP contribution >= 0.6 is 35.7 Å². The van der Waals surface area contributed by atoms with Crippen LogP contribution in [0.25, 0.3) is 5.69 Å². The van der Waals surface area contributed by atoms with E-state index in [1.807, 2.05) is 28.7 Å². The molecule has 7 heteroatoms. The number of thioether (sulfide) groups is 1. The van der Waals surface area contributed by atoms with Gasteiger partial charge in [-0.25, -0.2) is 4.68 Å². The molecule has 0 aliphatic heterocycles. The minimum Gasteiger partial charge on any atom is -0.357 e. The Balaban J connectivity index is 0.00000312. The Kier molecular flexibility index (Phi) is 11.4. The van der Waals surface area contributed by atoms with Crippen molar-refractivity contribution in [1.29, 1.82) is 0 Å². The van der Waals surface area contributed by atoms with Crippen LogP contribution in [0.1, 0.15) is 18.9 Å². The van der Waals surface area contributed by atoms with Crippen molar-refractivity contribution in [1.82, 2.24) is 20.4 Å². The maximum absolute atomic E-state index is 4.60. The molecule has 0 unspecified atom stereocenters. The molecule has 0 saturated carbocycles. The zero-order valence-corrected chi connectivity index (χ0v) is 18.1. The van der Waals surface area contributed by atoms with Gasteiger partial charge in [-0.15, -0.1) is 24.0 Å². The highest BCUT2D eigenvalue weighted by Gasteiger charge is 1.99. The van der Waals surface area contributed by atoms with Gasteiger partial charge >= 0.3 is 0 Å². The van der Waals surface area contributed by atoms with Crippen LogP contribution in [-0.2, 0) is 6.42 Å². The number of halogens is 1.